The molecule has 5 heteroatoms. The first-order chi connectivity index (χ1) is 9.57. The first kappa shape index (κ1) is 14.7. The van der Waals surface area contributed by atoms with Crippen LogP contribution in [-0.4, -0.2) is 5.24 Å². The minimum atomic E-state index is -2.94. The molecule has 2 aromatic carbocycles. The Bertz CT molecular complexity index is 619. The van der Waals surface area contributed by atoms with E-state index in [9.17, 15) is 13.9 Å². The number of carbonyl (C=O) groups excluding carboxylic acids is 1. The van der Waals surface area contributed by atoms with Crippen LogP contribution in [0.25, 0.3) is 0 Å². The molecule has 0 amide bonds. The third-order valence-electron chi connectivity index (χ3n) is 3.21. The molecule has 0 saturated heterocycles. The van der Waals surface area contributed by atoms with Gasteiger partial charge >= 0.3 is 7.68 Å². The molecule has 0 fully saturated rings. The molecule has 0 bridgehead atoms. The molecule has 2 aromatic rings. The van der Waals surface area contributed by atoms with Crippen molar-refractivity contribution >= 4 is 24.5 Å². The molecule has 3 nitrogen and oxygen atoms in total. The second-order valence-electron chi connectivity index (χ2n) is 4.38. The van der Waals surface area contributed by atoms with E-state index in [1.165, 1.54) is 0 Å². The fraction of sp³-hybridized carbons (Fsp3) is 0.133. The van der Waals surface area contributed by atoms with Gasteiger partial charge in [-0.3, -0.25) is 4.79 Å². The van der Waals surface area contributed by atoms with Crippen LogP contribution in [0.2, 0.25) is 0 Å². The Morgan fingerprint density at radius 1 is 0.900 bits per heavy atom. The van der Waals surface area contributed by atoms with E-state index in [0.29, 0.717) is 11.1 Å². The van der Waals surface area contributed by atoms with Crippen LogP contribution in [0.5, 0.6) is 0 Å². The lowest BCUT2D eigenvalue weighted by Crippen LogP contribution is -2.24. The summed E-state index contributed by atoms with van der Waals surface area (Å²) in [5.74, 6) is 0. The highest BCUT2D eigenvalue weighted by molar-refractivity contribution is 7.33. The maximum Gasteiger partial charge on any atom is 0.331 e. The van der Waals surface area contributed by atoms with Crippen LogP contribution in [0.4, 0.5) is 0 Å². The van der Waals surface area contributed by atoms with Crippen molar-refractivity contribution in [3.8, 4) is 0 Å². The number of hydrogen-bond acceptors (Lipinski definition) is 3. The van der Waals surface area contributed by atoms with Crippen molar-refractivity contribution in [3.05, 3.63) is 71.8 Å². The summed E-state index contributed by atoms with van der Waals surface area (Å²) in [5.41, 5.74) is 1.08. The van der Waals surface area contributed by atoms with Crippen LogP contribution >= 0.6 is 19.3 Å². The number of carbonyl (C=O) groups is 1. The number of rotatable bonds is 5. The highest BCUT2D eigenvalue weighted by atomic mass is 35.5. The maximum atomic E-state index is 12.0. The number of halogens is 1. The normalized spacial score (nSPS) is 11.1. The summed E-state index contributed by atoms with van der Waals surface area (Å²) in [6, 6.07) is 17.3. The quantitative estimate of drug-likeness (QED) is 0.612. The van der Waals surface area contributed by atoms with E-state index in [0.717, 1.165) is 0 Å². The Balaban J connectivity index is 2.73. The topological polar surface area (TPSA) is 51.2 Å². The smallest absolute Gasteiger partial charge is 0.281 e. The fourth-order valence-electron chi connectivity index (χ4n) is 2.28. The molecular weight excluding hydrogens is 295 g/mol. The van der Waals surface area contributed by atoms with E-state index in [-0.39, 0.29) is 6.42 Å². The third kappa shape index (κ3) is 2.74. The predicted octanol–water partition coefficient (Wildman–Crippen LogP) is 4.26. The number of benzene rings is 2. The van der Waals surface area contributed by atoms with Crippen LogP contribution in [-0.2, 0) is 19.1 Å². The summed E-state index contributed by atoms with van der Waals surface area (Å²) >= 11 is 5.50. The average Bonchev–Trinajstić information content (AvgIpc) is 2.46. The lowest BCUT2D eigenvalue weighted by atomic mass is 9.88. The average molecular weight is 307 g/mol. The molecule has 0 aromatic heterocycles. The Hall–Kier alpha value is -1.70. The molecule has 0 N–H and O–H groups in total. The van der Waals surface area contributed by atoms with Crippen molar-refractivity contribution in [3.63, 3.8) is 0 Å². The Morgan fingerprint density at radius 2 is 1.30 bits per heavy atom. The number of hydrogen-bond donors (Lipinski definition) is 0. The van der Waals surface area contributed by atoms with Gasteiger partial charge in [0.15, 0.2) is 0 Å². The van der Waals surface area contributed by atoms with Gasteiger partial charge in [-0.25, -0.2) is 9.13 Å². The van der Waals surface area contributed by atoms with Gasteiger partial charge in [0.1, 0.15) is 5.16 Å². The second-order valence-corrected chi connectivity index (χ2v) is 6.08. The van der Waals surface area contributed by atoms with E-state index in [1.54, 1.807) is 60.7 Å². The van der Waals surface area contributed by atoms with Crippen molar-refractivity contribution in [2.24, 2.45) is 0 Å². The Kier molecular flexibility index (Phi) is 4.53. The van der Waals surface area contributed by atoms with Crippen LogP contribution in [0.15, 0.2) is 60.7 Å². The minimum absolute atomic E-state index is 0.290. The molecular formula is C15H12ClO3P. The van der Waals surface area contributed by atoms with Crippen LogP contribution in [0.1, 0.15) is 17.5 Å². The summed E-state index contributed by atoms with van der Waals surface area (Å²) in [7, 11) is -2.94. The van der Waals surface area contributed by atoms with Gasteiger partial charge in [0, 0.05) is 6.42 Å². The molecule has 20 heavy (non-hydrogen) atoms. The van der Waals surface area contributed by atoms with Gasteiger partial charge in [-0.05, 0) is 22.7 Å². The maximum absolute atomic E-state index is 12.0. The molecule has 0 unspecified atom stereocenters. The van der Waals surface area contributed by atoms with Gasteiger partial charge < -0.3 is 0 Å². The Morgan fingerprint density at radius 3 is 1.60 bits per heavy atom. The molecule has 0 spiro atoms. The van der Waals surface area contributed by atoms with Crippen molar-refractivity contribution in [1.82, 2.24) is 0 Å². The van der Waals surface area contributed by atoms with Crippen LogP contribution < -0.4 is 0 Å². The van der Waals surface area contributed by atoms with Gasteiger partial charge in [-0.1, -0.05) is 60.7 Å². The SMILES string of the molecule is O=C(Cl)CC(c1ccccc1)(c1ccccc1)P(=O)=O. The van der Waals surface area contributed by atoms with Crippen molar-refractivity contribution in [2.75, 3.05) is 0 Å². The van der Waals surface area contributed by atoms with Gasteiger partial charge in [0.2, 0.25) is 5.24 Å². The minimum Gasteiger partial charge on any atom is -0.281 e. The van der Waals surface area contributed by atoms with Crippen LogP contribution in [0.3, 0.4) is 0 Å². The molecule has 0 heterocycles. The van der Waals surface area contributed by atoms with Crippen molar-refractivity contribution in [2.45, 2.75) is 11.6 Å². The first-order valence-corrected chi connectivity index (χ1v) is 7.57. The van der Waals surface area contributed by atoms with Gasteiger partial charge in [0.05, 0.1) is 0 Å². The van der Waals surface area contributed by atoms with E-state index in [2.05, 4.69) is 0 Å². The zero-order chi connectivity index (χ0) is 14.6. The molecule has 0 atom stereocenters. The largest absolute Gasteiger partial charge is 0.331 e. The summed E-state index contributed by atoms with van der Waals surface area (Å²) < 4.78 is 24.0. The van der Waals surface area contributed by atoms with E-state index in [4.69, 9.17) is 11.6 Å². The van der Waals surface area contributed by atoms with Crippen LogP contribution in [0, 0.1) is 0 Å². The predicted molar refractivity (Wildman–Crippen MR) is 77.4 cm³/mol. The standard InChI is InChI=1S/C15H12ClO3P/c16-14(17)11-15(20(18)19,12-7-3-1-4-8-12)13-9-5-2-6-10-13/h1-10H,11H2. The van der Waals surface area contributed by atoms with Gasteiger partial charge in [-0.2, -0.15) is 0 Å². The molecule has 0 aliphatic carbocycles. The van der Waals surface area contributed by atoms with Crippen molar-refractivity contribution in [1.29, 1.82) is 0 Å². The highest BCUT2D eigenvalue weighted by Gasteiger charge is 2.42. The van der Waals surface area contributed by atoms with Gasteiger partial charge in [0.25, 0.3) is 0 Å². The molecule has 0 aliphatic rings. The van der Waals surface area contributed by atoms with E-state index < -0.39 is 18.1 Å². The van der Waals surface area contributed by atoms with Crippen molar-refractivity contribution < 1.29 is 13.9 Å². The Labute approximate surface area is 122 Å². The zero-order valence-corrected chi connectivity index (χ0v) is 12.2. The monoisotopic (exact) mass is 306 g/mol. The van der Waals surface area contributed by atoms with E-state index in [1.807, 2.05) is 0 Å². The molecule has 0 radical (unpaired) electrons. The molecule has 102 valence electrons. The summed E-state index contributed by atoms with van der Waals surface area (Å²) in [5, 5.41) is -2.10. The van der Waals surface area contributed by atoms with E-state index >= 15 is 0 Å². The first-order valence-electron chi connectivity index (χ1n) is 6.01. The zero-order valence-electron chi connectivity index (χ0n) is 10.5. The second kappa shape index (κ2) is 6.17. The molecule has 0 saturated carbocycles. The summed E-state index contributed by atoms with van der Waals surface area (Å²) in [6.07, 6.45) is -0.290. The molecule has 0 aliphatic heterocycles. The molecule has 2 rings (SSSR count). The lowest BCUT2D eigenvalue weighted by molar-refractivity contribution is -0.112. The highest BCUT2D eigenvalue weighted by Crippen LogP contribution is 2.48. The summed E-state index contributed by atoms with van der Waals surface area (Å²) in [4.78, 5) is 11.4. The fourth-order valence-corrected chi connectivity index (χ4v) is 3.56. The lowest BCUT2D eigenvalue weighted by Gasteiger charge is -2.26. The third-order valence-corrected chi connectivity index (χ3v) is 4.64. The van der Waals surface area contributed by atoms with Gasteiger partial charge in [-0.15, -0.1) is 0 Å². The summed E-state index contributed by atoms with van der Waals surface area (Å²) in [6.45, 7) is 0.